The van der Waals surface area contributed by atoms with Crippen molar-refractivity contribution < 1.29 is 9.47 Å². The zero-order chi connectivity index (χ0) is 19.9. The van der Waals surface area contributed by atoms with Crippen molar-refractivity contribution in [2.75, 3.05) is 11.9 Å². The summed E-state index contributed by atoms with van der Waals surface area (Å²) in [6.45, 7) is 3.74. The predicted molar refractivity (Wildman–Crippen MR) is 128 cm³/mol. The molecule has 3 aromatic rings. The molecule has 0 saturated heterocycles. The van der Waals surface area contributed by atoms with Crippen LogP contribution in [0.25, 0.3) is 0 Å². The van der Waals surface area contributed by atoms with E-state index in [9.17, 15) is 0 Å². The summed E-state index contributed by atoms with van der Waals surface area (Å²) in [5.41, 5.74) is 3.25. The van der Waals surface area contributed by atoms with Gasteiger partial charge in [-0.25, -0.2) is 0 Å². The first kappa shape index (κ1) is 21.3. The van der Waals surface area contributed by atoms with Crippen molar-refractivity contribution >= 4 is 55.8 Å². The number of ether oxygens (including phenoxy) is 2. The Morgan fingerprint density at radius 1 is 0.964 bits per heavy atom. The van der Waals surface area contributed by atoms with Gasteiger partial charge in [-0.2, -0.15) is 0 Å². The Morgan fingerprint density at radius 3 is 2.36 bits per heavy atom. The van der Waals surface area contributed by atoms with Crippen LogP contribution < -0.4 is 14.8 Å². The molecule has 3 rings (SSSR count). The van der Waals surface area contributed by atoms with Gasteiger partial charge < -0.3 is 14.8 Å². The minimum atomic E-state index is 0.492. The Balaban J connectivity index is 1.73. The number of anilines is 1. The monoisotopic (exact) mass is 571 g/mol. The van der Waals surface area contributed by atoms with E-state index >= 15 is 0 Å². The number of benzene rings is 3. The molecule has 0 spiro atoms. The van der Waals surface area contributed by atoms with Gasteiger partial charge >= 0.3 is 0 Å². The molecule has 0 aromatic heterocycles. The molecule has 0 fully saturated rings. The summed E-state index contributed by atoms with van der Waals surface area (Å²) < 4.78 is 14.0. The molecule has 146 valence electrons. The molecule has 0 aliphatic carbocycles. The number of nitrogens with one attached hydrogen (secondary N) is 1. The zero-order valence-corrected chi connectivity index (χ0v) is 19.8. The zero-order valence-electron chi connectivity index (χ0n) is 15.3. The van der Waals surface area contributed by atoms with Gasteiger partial charge in [-0.15, -0.1) is 0 Å². The lowest BCUT2D eigenvalue weighted by Crippen LogP contribution is -2.05. The Kier molecular flexibility index (Phi) is 7.88. The quantitative estimate of drug-likeness (QED) is 0.288. The van der Waals surface area contributed by atoms with Gasteiger partial charge in [-0.3, -0.25) is 0 Å². The van der Waals surface area contributed by atoms with Crippen LogP contribution in [-0.4, -0.2) is 6.61 Å². The Bertz CT molecular complexity index is 917. The number of hydrogen-bond acceptors (Lipinski definition) is 3. The number of halogens is 3. The molecule has 1 N–H and O–H groups in total. The molecule has 3 aromatic carbocycles. The minimum Gasteiger partial charge on any atom is -0.490 e. The maximum absolute atomic E-state index is 6.09. The molecule has 0 bridgehead atoms. The normalized spacial score (nSPS) is 10.6. The van der Waals surface area contributed by atoms with Crippen molar-refractivity contribution in [2.24, 2.45) is 0 Å². The van der Waals surface area contributed by atoms with Crippen LogP contribution in [0.5, 0.6) is 11.5 Å². The smallest absolute Gasteiger partial charge is 0.174 e. The second-order valence-corrected chi connectivity index (χ2v) is 8.63. The van der Waals surface area contributed by atoms with Gasteiger partial charge in [-0.05, 0) is 89.2 Å². The molecule has 0 aliphatic rings. The Labute approximate surface area is 192 Å². The predicted octanol–water partition coefficient (Wildman–Crippen LogP) is 7.30. The van der Waals surface area contributed by atoms with Crippen LogP contribution in [0.2, 0.25) is 5.02 Å². The highest BCUT2D eigenvalue weighted by Gasteiger charge is 2.13. The molecular weight excluding hydrogens is 553 g/mol. The minimum absolute atomic E-state index is 0.492. The first-order valence-electron chi connectivity index (χ1n) is 8.87. The lowest BCUT2D eigenvalue weighted by Gasteiger charge is -2.16. The number of hydrogen-bond donors (Lipinski definition) is 1. The Hall–Kier alpha value is -1.44. The van der Waals surface area contributed by atoms with Gasteiger partial charge in [0.1, 0.15) is 6.61 Å². The van der Waals surface area contributed by atoms with E-state index in [0.29, 0.717) is 19.8 Å². The van der Waals surface area contributed by atoms with E-state index in [2.05, 4.69) is 49.9 Å². The molecule has 0 unspecified atom stereocenters. The average molecular weight is 573 g/mol. The maximum atomic E-state index is 6.09. The second kappa shape index (κ2) is 10.4. The van der Waals surface area contributed by atoms with Gasteiger partial charge in [-0.1, -0.05) is 39.7 Å². The molecule has 0 saturated carbocycles. The van der Waals surface area contributed by atoms with Crippen LogP contribution in [0.4, 0.5) is 5.69 Å². The summed E-state index contributed by atoms with van der Waals surface area (Å²) in [5.74, 6) is 1.54. The van der Waals surface area contributed by atoms with Gasteiger partial charge in [0.15, 0.2) is 11.5 Å². The third kappa shape index (κ3) is 6.03. The van der Waals surface area contributed by atoms with Crippen molar-refractivity contribution in [1.29, 1.82) is 0 Å². The summed E-state index contributed by atoms with van der Waals surface area (Å²) in [5, 5.41) is 4.13. The Morgan fingerprint density at radius 2 is 1.68 bits per heavy atom. The molecule has 0 aliphatic heterocycles. The molecule has 3 nitrogen and oxygen atoms in total. The van der Waals surface area contributed by atoms with Gasteiger partial charge in [0, 0.05) is 21.7 Å². The largest absolute Gasteiger partial charge is 0.490 e. The summed E-state index contributed by atoms with van der Waals surface area (Å²) in [4.78, 5) is 0. The molecular formula is C22H20BrClINO2. The lowest BCUT2D eigenvalue weighted by molar-refractivity contribution is 0.267. The van der Waals surface area contributed by atoms with Crippen molar-refractivity contribution in [2.45, 2.75) is 20.1 Å². The first-order chi connectivity index (χ1) is 13.5. The first-order valence-corrected chi connectivity index (χ1v) is 11.1. The summed E-state index contributed by atoms with van der Waals surface area (Å²) in [7, 11) is 0. The van der Waals surface area contributed by atoms with Crippen LogP contribution in [0.1, 0.15) is 18.1 Å². The van der Waals surface area contributed by atoms with E-state index in [1.54, 1.807) is 0 Å². The molecule has 0 amide bonds. The molecule has 28 heavy (non-hydrogen) atoms. The fraction of sp³-hybridized carbons (Fsp3) is 0.182. The SMILES string of the molecule is CCOc1cc(CNc2ccc(Cl)cc2)cc(I)c1OCc1ccc(Br)cc1. The molecule has 0 atom stereocenters. The lowest BCUT2D eigenvalue weighted by atomic mass is 10.2. The summed E-state index contributed by atoms with van der Waals surface area (Å²) >= 11 is 11.7. The topological polar surface area (TPSA) is 30.5 Å². The maximum Gasteiger partial charge on any atom is 0.174 e. The van der Waals surface area contributed by atoms with E-state index < -0.39 is 0 Å². The third-order valence-electron chi connectivity index (χ3n) is 4.01. The van der Waals surface area contributed by atoms with Crippen LogP contribution in [0.3, 0.4) is 0 Å². The van der Waals surface area contributed by atoms with Crippen LogP contribution in [-0.2, 0) is 13.2 Å². The van der Waals surface area contributed by atoms with Crippen LogP contribution in [0, 0.1) is 3.57 Å². The molecule has 0 radical (unpaired) electrons. The van der Waals surface area contributed by atoms with Crippen molar-refractivity contribution in [1.82, 2.24) is 0 Å². The van der Waals surface area contributed by atoms with E-state index in [4.69, 9.17) is 21.1 Å². The fourth-order valence-corrected chi connectivity index (χ4v) is 3.85. The van der Waals surface area contributed by atoms with Crippen LogP contribution in [0.15, 0.2) is 65.1 Å². The second-order valence-electron chi connectivity index (χ2n) is 6.11. The van der Waals surface area contributed by atoms with Crippen molar-refractivity contribution in [3.63, 3.8) is 0 Å². The van der Waals surface area contributed by atoms with E-state index in [0.717, 1.165) is 41.4 Å². The fourth-order valence-electron chi connectivity index (χ4n) is 2.63. The van der Waals surface area contributed by atoms with E-state index in [1.807, 2.05) is 61.5 Å². The highest BCUT2D eigenvalue weighted by molar-refractivity contribution is 14.1. The standard InChI is InChI=1S/C22H20BrClINO2/c1-2-27-21-12-16(13-26-19-9-7-18(24)8-10-19)11-20(25)22(21)28-14-15-3-5-17(23)6-4-15/h3-12,26H,2,13-14H2,1H3. The highest BCUT2D eigenvalue weighted by atomic mass is 127. The summed E-state index contributed by atoms with van der Waals surface area (Å²) in [6, 6.07) is 19.9. The summed E-state index contributed by atoms with van der Waals surface area (Å²) in [6.07, 6.45) is 0. The highest BCUT2D eigenvalue weighted by Crippen LogP contribution is 2.35. The molecule has 0 heterocycles. The number of rotatable bonds is 8. The third-order valence-corrected chi connectivity index (χ3v) is 5.59. The van der Waals surface area contributed by atoms with Gasteiger partial charge in [0.2, 0.25) is 0 Å². The van der Waals surface area contributed by atoms with Crippen molar-refractivity contribution in [3.8, 4) is 11.5 Å². The average Bonchev–Trinajstić information content (AvgIpc) is 2.68. The van der Waals surface area contributed by atoms with Gasteiger partial charge in [0.05, 0.1) is 10.2 Å². The van der Waals surface area contributed by atoms with Crippen molar-refractivity contribution in [3.05, 3.63) is 84.9 Å². The van der Waals surface area contributed by atoms with E-state index in [1.165, 1.54) is 0 Å². The van der Waals surface area contributed by atoms with Gasteiger partial charge in [0.25, 0.3) is 0 Å². The molecule has 6 heteroatoms. The van der Waals surface area contributed by atoms with E-state index in [-0.39, 0.29) is 0 Å². The van der Waals surface area contributed by atoms with Crippen LogP contribution >= 0.6 is 50.1 Å².